The van der Waals surface area contributed by atoms with Crippen LogP contribution < -0.4 is 0 Å². The number of methoxy groups -OCH3 is 1. The van der Waals surface area contributed by atoms with Gasteiger partial charge in [0.1, 0.15) is 5.60 Å². The third-order valence-corrected chi connectivity index (χ3v) is 8.76. The Morgan fingerprint density at radius 1 is 1.35 bits per heavy atom. The van der Waals surface area contributed by atoms with E-state index in [4.69, 9.17) is 9.47 Å². The molecule has 1 spiro atoms. The first-order valence-corrected chi connectivity index (χ1v) is 9.56. The molecule has 26 heavy (non-hydrogen) atoms. The molecule has 6 nitrogen and oxygen atoms in total. The Kier molecular flexibility index (Phi) is 2.92. The van der Waals surface area contributed by atoms with Gasteiger partial charge in [0, 0.05) is 11.8 Å². The molecule has 6 heteroatoms. The quantitative estimate of drug-likeness (QED) is 0.540. The van der Waals surface area contributed by atoms with Crippen molar-refractivity contribution >= 4 is 11.9 Å². The van der Waals surface area contributed by atoms with Crippen molar-refractivity contribution in [3.63, 3.8) is 0 Å². The minimum absolute atomic E-state index is 0.0121. The maximum atomic E-state index is 13.0. The third-order valence-electron chi connectivity index (χ3n) is 8.76. The summed E-state index contributed by atoms with van der Waals surface area (Å²) in [6.07, 6.45) is 2.51. The van der Waals surface area contributed by atoms with E-state index in [0.717, 1.165) is 5.57 Å². The van der Waals surface area contributed by atoms with Gasteiger partial charge in [0.25, 0.3) is 0 Å². The number of hydrogen-bond acceptors (Lipinski definition) is 6. The standard InChI is InChI=1S/C20H26O6/c1-10-8-18-9-19(10,24)6-4-11(18)20-7-5-12(21)17(2,16(23)26-20)14(20)13(18)15(22)25-3/h11-14,21,24H,1,4-9H2,2-3H3. The Labute approximate surface area is 152 Å². The fourth-order valence-corrected chi connectivity index (χ4v) is 7.76. The monoisotopic (exact) mass is 362 g/mol. The summed E-state index contributed by atoms with van der Waals surface area (Å²) in [6, 6.07) is 0. The van der Waals surface area contributed by atoms with Gasteiger partial charge in [-0.1, -0.05) is 6.58 Å². The smallest absolute Gasteiger partial charge is 0.315 e. The molecule has 0 aromatic heterocycles. The van der Waals surface area contributed by atoms with Crippen LogP contribution in [0.3, 0.4) is 0 Å². The Hall–Kier alpha value is -1.40. The zero-order valence-electron chi connectivity index (χ0n) is 15.3. The highest BCUT2D eigenvalue weighted by Crippen LogP contribution is 2.78. The van der Waals surface area contributed by atoms with Gasteiger partial charge in [-0.05, 0) is 56.4 Å². The Balaban J connectivity index is 1.75. The molecule has 5 aliphatic rings. The summed E-state index contributed by atoms with van der Waals surface area (Å²) in [5, 5.41) is 21.8. The highest BCUT2D eigenvalue weighted by atomic mass is 16.6. The van der Waals surface area contributed by atoms with Crippen LogP contribution in [0.4, 0.5) is 0 Å². The van der Waals surface area contributed by atoms with E-state index in [1.54, 1.807) is 6.92 Å². The Morgan fingerprint density at radius 2 is 2.08 bits per heavy atom. The minimum Gasteiger partial charge on any atom is -0.469 e. The lowest BCUT2D eigenvalue weighted by atomic mass is 9.59. The average molecular weight is 362 g/mol. The van der Waals surface area contributed by atoms with Crippen molar-refractivity contribution in [3.05, 3.63) is 12.2 Å². The Morgan fingerprint density at radius 3 is 2.77 bits per heavy atom. The van der Waals surface area contributed by atoms with Crippen molar-refractivity contribution in [1.82, 2.24) is 0 Å². The van der Waals surface area contributed by atoms with Crippen molar-refractivity contribution < 1.29 is 29.3 Å². The van der Waals surface area contributed by atoms with E-state index in [1.165, 1.54) is 7.11 Å². The molecule has 0 amide bonds. The van der Waals surface area contributed by atoms with Crippen molar-refractivity contribution in [2.24, 2.45) is 28.6 Å². The van der Waals surface area contributed by atoms with Crippen LogP contribution in [-0.4, -0.2) is 46.6 Å². The third kappa shape index (κ3) is 1.47. The van der Waals surface area contributed by atoms with Gasteiger partial charge in [0.2, 0.25) is 0 Å². The first-order chi connectivity index (χ1) is 12.2. The number of carbonyl (C=O) groups excluding carboxylic acids is 2. The molecule has 5 rings (SSSR count). The van der Waals surface area contributed by atoms with E-state index >= 15 is 0 Å². The molecule has 1 saturated heterocycles. The summed E-state index contributed by atoms with van der Waals surface area (Å²) in [6.45, 7) is 5.85. The van der Waals surface area contributed by atoms with Crippen LogP contribution in [-0.2, 0) is 19.1 Å². The zero-order valence-corrected chi connectivity index (χ0v) is 15.3. The van der Waals surface area contributed by atoms with Crippen molar-refractivity contribution in [2.75, 3.05) is 7.11 Å². The van der Waals surface area contributed by atoms with Crippen LogP contribution in [0.1, 0.15) is 45.4 Å². The summed E-state index contributed by atoms with van der Waals surface area (Å²) in [5.74, 6) is -1.76. The molecule has 4 aliphatic carbocycles. The maximum Gasteiger partial charge on any atom is 0.315 e. The van der Waals surface area contributed by atoms with Gasteiger partial charge in [0.15, 0.2) is 0 Å². The zero-order chi connectivity index (χ0) is 18.7. The molecule has 1 aliphatic heterocycles. The van der Waals surface area contributed by atoms with Crippen LogP contribution in [0.2, 0.25) is 0 Å². The van der Waals surface area contributed by atoms with Crippen molar-refractivity contribution in [3.8, 4) is 0 Å². The lowest BCUT2D eigenvalue weighted by Crippen LogP contribution is -2.53. The molecule has 5 fully saturated rings. The number of rotatable bonds is 1. The fourth-order valence-electron chi connectivity index (χ4n) is 7.76. The van der Waals surface area contributed by atoms with Crippen LogP contribution in [0.25, 0.3) is 0 Å². The second-order valence-electron chi connectivity index (χ2n) is 9.47. The van der Waals surface area contributed by atoms with Crippen LogP contribution in [0.15, 0.2) is 12.2 Å². The summed E-state index contributed by atoms with van der Waals surface area (Å²) in [7, 11) is 1.37. The molecular formula is C20H26O6. The molecule has 0 radical (unpaired) electrons. The van der Waals surface area contributed by atoms with Gasteiger partial charge in [-0.2, -0.15) is 0 Å². The first-order valence-electron chi connectivity index (χ1n) is 9.56. The van der Waals surface area contributed by atoms with Crippen molar-refractivity contribution in [1.29, 1.82) is 0 Å². The normalized spacial score (nSPS) is 56.8. The molecule has 8 unspecified atom stereocenters. The van der Waals surface area contributed by atoms with Gasteiger partial charge in [-0.3, -0.25) is 9.59 Å². The van der Waals surface area contributed by atoms with Crippen LogP contribution in [0, 0.1) is 28.6 Å². The highest BCUT2D eigenvalue weighted by molar-refractivity contribution is 5.85. The topological polar surface area (TPSA) is 93.1 Å². The summed E-state index contributed by atoms with van der Waals surface area (Å²) in [5.41, 5.74) is -2.53. The lowest BCUT2D eigenvalue weighted by molar-refractivity contribution is -0.165. The number of fused-ring (bicyclic) bond motifs is 1. The first kappa shape index (κ1) is 16.8. The van der Waals surface area contributed by atoms with Gasteiger partial charge in [0.05, 0.1) is 30.1 Å². The number of aliphatic hydroxyl groups excluding tert-OH is 1. The van der Waals surface area contributed by atoms with Crippen LogP contribution in [0.5, 0.6) is 0 Å². The molecule has 142 valence electrons. The van der Waals surface area contributed by atoms with Crippen molar-refractivity contribution in [2.45, 2.75) is 62.8 Å². The van der Waals surface area contributed by atoms with E-state index in [2.05, 4.69) is 6.58 Å². The molecule has 8 atom stereocenters. The van der Waals surface area contributed by atoms with Gasteiger partial charge in [-0.15, -0.1) is 0 Å². The molecule has 4 saturated carbocycles. The molecule has 0 aromatic carbocycles. The van der Waals surface area contributed by atoms with Crippen LogP contribution >= 0.6 is 0 Å². The summed E-state index contributed by atoms with van der Waals surface area (Å²) < 4.78 is 11.2. The molecule has 0 aromatic rings. The largest absolute Gasteiger partial charge is 0.469 e. The maximum absolute atomic E-state index is 13.0. The predicted octanol–water partition coefficient (Wildman–Crippen LogP) is 1.34. The second-order valence-corrected chi connectivity index (χ2v) is 9.47. The summed E-state index contributed by atoms with van der Waals surface area (Å²) >= 11 is 0. The van der Waals surface area contributed by atoms with Gasteiger partial charge >= 0.3 is 11.9 Å². The lowest BCUT2D eigenvalue weighted by Gasteiger charge is -2.45. The average Bonchev–Trinajstić information content (AvgIpc) is 3.02. The molecule has 2 N–H and O–H groups in total. The van der Waals surface area contributed by atoms with E-state index < -0.39 is 45.9 Å². The Bertz CT molecular complexity index is 747. The second kappa shape index (κ2) is 4.53. The highest BCUT2D eigenvalue weighted by Gasteiger charge is 2.84. The molecule has 4 bridgehead atoms. The number of carbonyl (C=O) groups is 2. The number of hydrogen-bond donors (Lipinski definition) is 2. The van der Waals surface area contributed by atoms with E-state index in [-0.39, 0.29) is 11.9 Å². The number of ether oxygens (including phenoxy) is 2. The van der Waals surface area contributed by atoms with Gasteiger partial charge < -0.3 is 19.7 Å². The predicted molar refractivity (Wildman–Crippen MR) is 89.6 cm³/mol. The molecule has 1 heterocycles. The number of esters is 2. The minimum atomic E-state index is -1.11. The van der Waals surface area contributed by atoms with E-state index in [1.807, 2.05) is 0 Å². The van der Waals surface area contributed by atoms with Gasteiger partial charge in [-0.25, -0.2) is 0 Å². The fraction of sp³-hybridized carbons (Fsp3) is 0.800. The van der Waals surface area contributed by atoms with E-state index in [0.29, 0.717) is 38.5 Å². The summed E-state index contributed by atoms with van der Waals surface area (Å²) in [4.78, 5) is 25.9. The van der Waals surface area contributed by atoms with E-state index in [9.17, 15) is 19.8 Å². The molecular weight excluding hydrogens is 336 g/mol. The SMILES string of the molecule is C=C1CC23CC1(O)CCC2C12CCC(O)C(C)(C(=O)O1)C2C3C(=O)OC. The number of aliphatic hydroxyl groups is 2.